The number of carbonyl (C=O) groups is 1. The van der Waals surface area contributed by atoms with Gasteiger partial charge in [0.1, 0.15) is 5.75 Å². The number of benzene rings is 1. The van der Waals surface area contributed by atoms with Gasteiger partial charge in [-0.1, -0.05) is 25.4 Å². The molecular weight excluding hydrogens is 380 g/mol. The smallest absolute Gasteiger partial charge is 0.257 e. The molecule has 0 aliphatic carbocycles. The maximum atomic E-state index is 12.6. The van der Waals surface area contributed by atoms with E-state index in [0.717, 1.165) is 6.42 Å². The Labute approximate surface area is 159 Å². The third-order valence-electron chi connectivity index (χ3n) is 3.91. The second-order valence-corrected chi connectivity index (χ2v) is 8.77. The van der Waals surface area contributed by atoms with Gasteiger partial charge in [0, 0.05) is 19.6 Å². The predicted octanol–water partition coefficient (Wildman–Crippen LogP) is 1.90. The molecule has 1 aromatic carbocycles. The van der Waals surface area contributed by atoms with Crippen LogP contribution in [0.1, 0.15) is 20.3 Å². The number of nitrogens with zero attached hydrogens (tertiary/aromatic N) is 1. The van der Waals surface area contributed by atoms with Gasteiger partial charge in [0.05, 0.1) is 23.1 Å². The molecule has 1 aromatic rings. The summed E-state index contributed by atoms with van der Waals surface area (Å²) >= 11 is 6.14. The molecule has 1 N–H and O–H groups in total. The highest BCUT2D eigenvalue weighted by molar-refractivity contribution is 7.89. The lowest BCUT2D eigenvalue weighted by molar-refractivity contribution is -0.123. The topological polar surface area (TPSA) is 84.9 Å². The van der Waals surface area contributed by atoms with E-state index >= 15 is 0 Å². The van der Waals surface area contributed by atoms with Crippen LogP contribution in [0, 0.1) is 5.92 Å². The maximum Gasteiger partial charge on any atom is 0.257 e. The molecule has 1 aliphatic heterocycles. The molecule has 0 saturated carbocycles. The minimum atomic E-state index is -3.62. The SMILES string of the molecule is CC(C)CCNC(=O)COc1ccc(S(=O)(=O)N2CCOCC2)cc1Cl. The molecule has 9 heteroatoms. The van der Waals surface area contributed by atoms with Gasteiger partial charge in [-0.25, -0.2) is 8.42 Å². The summed E-state index contributed by atoms with van der Waals surface area (Å²) in [6, 6.07) is 4.25. The van der Waals surface area contributed by atoms with Crippen molar-refractivity contribution in [3.63, 3.8) is 0 Å². The van der Waals surface area contributed by atoms with E-state index in [9.17, 15) is 13.2 Å². The van der Waals surface area contributed by atoms with Gasteiger partial charge in [-0.05, 0) is 30.5 Å². The van der Waals surface area contributed by atoms with Crippen LogP contribution >= 0.6 is 11.6 Å². The first-order valence-corrected chi connectivity index (χ1v) is 10.4. The van der Waals surface area contributed by atoms with Crippen molar-refractivity contribution < 1.29 is 22.7 Å². The summed E-state index contributed by atoms with van der Waals surface area (Å²) in [7, 11) is -3.62. The molecule has 0 unspecified atom stereocenters. The fourth-order valence-corrected chi connectivity index (χ4v) is 4.12. The van der Waals surface area contributed by atoms with Crippen LogP contribution in [0.3, 0.4) is 0 Å². The van der Waals surface area contributed by atoms with E-state index in [-0.39, 0.29) is 28.2 Å². The number of carbonyl (C=O) groups excluding carboxylic acids is 1. The minimum Gasteiger partial charge on any atom is -0.482 e. The second kappa shape index (κ2) is 9.55. The Morgan fingerprint density at radius 1 is 1.35 bits per heavy atom. The van der Waals surface area contributed by atoms with Crippen LogP contribution in [0.2, 0.25) is 5.02 Å². The normalized spacial score (nSPS) is 15.8. The van der Waals surface area contributed by atoms with Crippen LogP contribution in [0.5, 0.6) is 5.75 Å². The van der Waals surface area contributed by atoms with E-state index in [2.05, 4.69) is 19.2 Å². The molecular formula is C17H25ClN2O5S. The first kappa shape index (κ1) is 21.0. The summed E-state index contributed by atoms with van der Waals surface area (Å²) in [5.74, 6) is 0.532. The highest BCUT2D eigenvalue weighted by atomic mass is 35.5. The van der Waals surface area contributed by atoms with E-state index in [1.54, 1.807) is 0 Å². The van der Waals surface area contributed by atoms with Crippen LogP contribution in [0.15, 0.2) is 23.1 Å². The molecule has 1 aliphatic rings. The Hall–Kier alpha value is -1.35. The van der Waals surface area contributed by atoms with Gasteiger partial charge in [0.15, 0.2) is 6.61 Å². The zero-order chi connectivity index (χ0) is 19.2. The number of ether oxygens (including phenoxy) is 2. The molecule has 0 atom stereocenters. The third-order valence-corrected chi connectivity index (χ3v) is 6.10. The molecule has 0 aromatic heterocycles. The zero-order valence-electron chi connectivity index (χ0n) is 15.0. The lowest BCUT2D eigenvalue weighted by Gasteiger charge is -2.26. The first-order chi connectivity index (χ1) is 12.3. The van der Waals surface area contributed by atoms with Gasteiger partial charge >= 0.3 is 0 Å². The monoisotopic (exact) mass is 404 g/mol. The Bertz CT molecular complexity index is 718. The molecule has 1 saturated heterocycles. The standard InChI is InChI=1S/C17H25ClN2O5S/c1-13(2)5-6-19-17(21)12-25-16-4-3-14(11-15(16)18)26(22,23)20-7-9-24-10-8-20/h3-4,11,13H,5-10,12H2,1-2H3,(H,19,21). The predicted molar refractivity (Wildman–Crippen MR) is 99.0 cm³/mol. The van der Waals surface area contributed by atoms with Crippen LogP contribution < -0.4 is 10.1 Å². The van der Waals surface area contributed by atoms with E-state index in [4.69, 9.17) is 21.1 Å². The van der Waals surface area contributed by atoms with Crippen molar-refractivity contribution in [3.05, 3.63) is 23.2 Å². The molecule has 0 bridgehead atoms. The highest BCUT2D eigenvalue weighted by Crippen LogP contribution is 2.29. The molecule has 0 spiro atoms. The summed E-state index contributed by atoms with van der Waals surface area (Å²) in [6.07, 6.45) is 0.889. The summed E-state index contributed by atoms with van der Waals surface area (Å²) in [5.41, 5.74) is 0. The van der Waals surface area contributed by atoms with Gasteiger partial charge in [-0.3, -0.25) is 4.79 Å². The van der Waals surface area contributed by atoms with Crippen LogP contribution in [-0.4, -0.2) is 58.1 Å². The van der Waals surface area contributed by atoms with Gasteiger partial charge in [0.2, 0.25) is 10.0 Å². The number of nitrogens with one attached hydrogen (secondary N) is 1. The van der Waals surface area contributed by atoms with Crippen molar-refractivity contribution in [1.29, 1.82) is 0 Å². The fourth-order valence-electron chi connectivity index (χ4n) is 2.39. The summed E-state index contributed by atoms with van der Waals surface area (Å²) in [5, 5.41) is 2.91. The molecule has 1 amide bonds. The zero-order valence-corrected chi connectivity index (χ0v) is 16.6. The molecule has 2 rings (SSSR count). The number of hydrogen-bond acceptors (Lipinski definition) is 5. The third kappa shape index (κ3) is 5.84. The fraction of sp³-hybridized carbons (Fsp3) is 0.588. The van der Waals surface area contributed by atoms with Crippen molar-refractivity contribution in [2.45, 2.75) is 25.2 Å². The van der Waals surface area contributed by atoms with E-state index in [1.807, 2.05) is 0 Å². The lowest BCUT2D eigenvalue weighted by Crippen LogP contribution is -2.40. The van der Waals surface area contributed by atoms with Crippen LogP contribution in [0.25, 0.3) is 0 Å². The van der Waals surface area contributed by atoms with Crippen molar-refractivity contribution in [3.8, 4) is 5.75 Å². The van der Waals surface area contributed by atoms with E-state index in [0.29, 0.717) is 38.8 Å². The van der Waals surface area contributed by atoms with E-state index in [1.165, 1.54) is 22.5 Å². The minimum absolute atomic E-state index is 0.0955. The molecule has 26 heavy (non-hydrogen) atoms. The number of rotatable bonds is 8. The Balaban J connectivity index is 1.95. The molecule has 0 radical (unpaired) electrons. The summed E-state index contributed by atoms with van der Waals surface area (Å²) in [4.78, 5) is 11.8. The number of morpholine rings is 1. The van der Waals surface area contributed by atoms with Gasteiger partial charge in [-0.2, -0.15) is 4.31 Å². The maximum absolute atomic E-state index is 12.6. The number of hydrogen-bond donors (Lipinski definition) is 1. The second-order valence-electron chi connectivity index (χ2n) is 6.43. The van der Waals surface area contributed by atoms with E-state index < -0.39 is 10.0 Å². The first-order valence-electron chi connectivity index (χ1n) is 8.57. The van der Waals surface area contributed by atoms with Gasteiger partial charge in [-0.15, -0.1) is 0 Å². The van der Waals surface area contributed by atoms with Crippen LogP contribution in [-0.2, 0) is 19.6 Å². The molecule has 146 valence electrons. The molecule has 1 fully saturated rings. The Morgan fingerprint density at radius 3 is 2.65 bits per heavy atom. The van der Waals surface area contributed by atoms with Crippen LogP contribution in [0.4, 0.5) is 0 Å². The molecule has 7 nitrogen and oxygen atoms in total. The largest absolute Gasteiger partial charge is 0.482 e. The lowest BCUT2D eigenvalue weighted by atomic mass is 10.1. The number of halogens is 1. The average Bonchev–Trinajstić information content (AvgIpc) is 2.61. The van der Waals surface area contributed by atoms with Crippen molar-refractivity contribution >= 4 is 27.5 Å². The Kier molecular flexibility index (Phi) is 7.69. The summed E-state index contributed by atoms with van der Waals surface area (Å²) in [6.45, 7) is 5.95. The Morgan fingerprint density at radius 2 is 2.04 bits per heavy atom. The molecule has 1 heterocycles. The highest BCUT2D eigenvalue weighted by Gasteiger charge is 2.27. The van der Waals surface area contributed by atoms with Crippen molar-refractivity contribution in [2.75, 3.05) is 39.5 Å². The summed E-state index contributed by atoms with van der Waals surface area (Å²) < 4.78 is 37.1. The average molecular weight is 405 g/mol. The number of amides is 1. The van der Waals surface area contributed by atoms with Crippen molar-refractivity contribution in [2.24, 2.45) is 5.92 Å². The number of sulfonamides is 1. The quantitative estimate of drug-likeness (QED) is 0.715. The van der Waals surface area contributed by atoms with Gasteiger partial charge in [0.25, 0.3) is 5.91 Å². The van der Waals surface area contributed by atoms with Crippen molar-refractivity contribution in [1.82, 2.24) is 9.62 Å². The van der Waals surface area contributed by atoms with Gasteiger partial charge < -0.3 is 14.8 Å².